The number of rotatable bonds is 6. The van der Waals surface area contributed by atoms with Crippen LogP contribution in [0.4, 0.5) is 0 Å². The van der Waals surface area contributed by atoms with Gasteiger partial charge in [-0.15, -0.1) is 0 Å². The topological polar surface area (TPSA) is 66.5 Å². The molecule has 0 radical (unpaired) electrons. The molecule has 0 atom stereocenters. The van der Waals surface area contributed by atoms with Crippen LogP contribution >= 0.6 is 11.6 Å². The highest BCUT2D eigenvalue weighted by atomic mass is 35.5. The van der Waals surface area contributed by atoms with Crippen molar-refractivity contribution >= 4 is 27.5 Å². The zero-order chi connectivity index (χ0) is 21.0. The van der Waals surface area contributed by atoms with Crippen LogP contribution in [0.1, 0.15) is 29.5 Å². The predicted molar refractivity (Wildman–Crippen MR) is 116 cm³/mol. The number of carbonyl (C=O) groups is 1. The first-order chi connectivity index (χ1) is 13.8. The van der Waals surface area contributed by atoms with Gasteiger partial charge in [0.05, 0.1) is 4.90 Å². The fourth-order valence-corrected chi connectivity index (χ4v) is 5.19. The van der Waals surface area contributed by atoms with Crippen LogP contribution in [-0.4, -0.2) is 38.3 Å². The van der Waals surface area contributed by atoms with Gasteiger partial charge in [-0.2, -0.15) is 4.31 Å². The molecule has 0 aromatic heterocycles. The van der Waals surface area contributed by atoms with E-state index in [2.05, 4.69) is 5.32 Å². The van der Waals surface area contributed by atoms with Crippen LogP contribution in [0.25, 0.3) is 0 Å². The summed E-state index contributed by atoms with van der Waals surface area (Å²) >= 11 is 5.88. The van der Waals surface area contributed by atoms with Gasteiger partial charge in [0, 0.05) is 30.6 Å². The summed E-state index contributed by atoms with van der Waals surface area (Å²) in [5.41, 5.74) is 3.14. The van der Waals surface area contributed by atoms with Crippen LogP contribution in [-0.2, 0) is 21.2 Å². The minimum atomic E-state index is -3.52. The third-order valence-corrected chi connectivity index (χ3v) is 7.71. The van der Waals surface area contributed by atoms with Crippen LogP contribution in [0.2, 0.25) is 5.02 Å². The quantitative estimate of drug-likeness (QED) is 0.753. The number of amides is 1. The van der Waals surface area contributed by atoms with E-state index in [4.69, 9.17) is 11.6 Å². The summed E-state index contributed by atoms with van der Waals surface area (Å²) in [6.45, 7) is 5.16. The lowest BCUT2D eigenvalue weighted by Gasteiger charge is -2.30. The van der Waals surface area contributed by atoms with E-state index in [0.717, 1.165) is 23.1 Å². The fourth-order valence-electron chi connectivity index (χ4n) is 3.51. The van der Waals surface area contributed by atoms with Gasteiger partial charge >= 0.3 is 0 Å². The number of benzene rings is 2. The normalized spacial score (nSPS) is 16.0. The van der Waals surface area contributed by atoms with Crippen molar-refractivity contribution in [3.05, 3.63) is 64.2 Å². The van der Waals surface area contributed by atoms with Gasteiger partial charge in [-0.3, -0.25) is 4.79 Å². The lowest BCUT2D eigenvalue weighted by atomic mass is 9.97. The number of carbonyl (C=O) groups excluding carboxylic acids is 1. The van der Waals surface area contributed by atoms with Crippen LogP contribution in [0, 0.1) is 19.8 Å². The first-order valence-corrected chi connectivity index (χ1v) is 11.7. The molecule has 1 saturated heterocycles. The number of hydrogen-bond donors (Lipinski definition) is 1. The first kappa shape index (κ1) is 21.8. The van der Waals surface area contributed by atoms with Crippen molar-refractivity contribution in [2.24, 2.45) is 5.92 Å². The van der Waals surface area contributed by atoms with E-state index >= 15 is 0 Å². The summed E-state index contributed by atoms with van der Waals surface area (Å²) in [6, 6.07) is 12.8. The SMILES string of the molecule is Cc1ccc(S(=O)(=O)N2CCC(C(=O)NCCc3ccc(Cl)cc3)CC2)cc1C. The highest BCUT2D eigenvalue weighted by molar-refractivity contribution is 7.89. The van der Waals surface area contributed by atoms with Crippen LogP contribution < -0.4 is 5.32 Å². The molecule has 0 spiro atoms. The molecule has 1 fully saturated rings. The highest BCUT2D eigenvalue weighted by Gasteiger charge is 2.32. The van der Waals surface area contributed by atoms with Gasteiger partial charge in [0.25, 0.3) is 0 Å². The van der Waals surface area contributed by atoms with E-state index in [1.807, 2.05) is 44.2 Å². The monoisotopic (exact) mass is 434 g/mol. The maximum absolute atomic E-state index is 12.9. The number of aryl methyl sites for hydroxylation is 2. The smallest absolute Gasteiger partial charge is 0.243 e. The Labute approximate surface area is 178 Å². The van der Waals surface area contributed by atoms with E-state index in [1.165, 1.54) is 4.31 Å². The molecule has 29 heavy (non-hydrogen) atoms. The molecule has 1 N–H and O–H groups in total. The first-order valence-electron chi connectivity index (χ1n) is 9.87. The highest BCUT2D eigenvalue weighted by Crippen LogP contribution is 2.25. The van der Waals surface area contributed by atoms with Crippen molar-refractivity contribution in [1.29, 1.82) is 0 Å². The maximum atomic E-state index is 12.9. The second kappa shape index (κ2) is 9.28. The minimum Gasteiger partial charge on any atom is -0.356 e. The summed E-state index contributed by atoms with van der Waals surface area (Å²) in [5, 5.41) is 3.67. The molecule has 7 heteroatoms. The van der Waals surface area contributed by atoms with E-state index in [1.54, 1.807) is 12.1 Å². The Morgan fingerprint density at radius 2 is 1.72 bits per heavy atom. The molecule has 5 nitrogen and oxygen atoms in total. The van der Waals surface area contributed by atoms with Crippen LogP contribution in [0.3, 0.4) is 0 Å². The van der Waals surface area contributed by atoms with Gasteiger partial charge in [-0.1, -0.05) is 29.8 Å². The molecule has 0 saturated carbocycles. The molecule has 1 amide bonds. The standard InChI is InChI=1S/C22H27ClN2O3S/c1-16-3-8-21(15-17(16)2)29(27,28)25-13-10-19(11-14-25)22(26)24-12-9-18-4-6-20(23)7-5-18/h3-8,15,19H,9-14H2,1-2H3,(H,24,26). The third-order valence-electron chi connectivity index (χ3n) is 5.57. The molecule has 0 unspecified atom stereocenters. The Hall–Kier alpha value is -1.89. The summed E-state index contributed by atoms with van der Waals surface area (Å²) in [7, 11) is -3.52. The summed E-state index contributed by atoms with van der Waals surface area (Å²) < 4.78 is 27.3. The number of halogens is 1. The zero-order valence-electron chi connectivity index (χ0n) is 16.8. The summed E-state index contributed by atoms with van der Waals surface area (Å²) in [5.74, 6) is -0.145. The lowest BCUT2D eigenvalue weighted by molar-refractivity contribution is -0.126. The Morgan fingerprint density at radius 3 is 2.34 bits per heavy atom. The zero-order valence-corrected chi connectivity index (χ0v) is 18.4. The number of nitrogens with zero attached hydrogens (tertiary/aromatic N) is 1. The second-order valence-electron chi connectivity index (χ2n) is 7.59. The van der Waals surface area contributed by atoms with Crippen LogP contribution in [0.5, 0.6) is 0 Å². The lowest BCUT2D eigenvalue weighted by Crippen LogP contribution is -2.43. The van der Waals surface area contributed by atoms with Crippen molar-refractivity contribution in [2.75, 3.05) is 19.6 Å². The molecule has 2 aromatic carbocycles. The number of piperidine rings is 1. The largest absolute Gasteiger partial charge is 0.356 e. The van der Waals surface area contributed by atoms with Gasteiger partial charge in [0.2, 0.25) is 15.9 Å². The predicted octanol–water partition coefficient (Wildman–Crippen LogP) is 3.72. The Bertz CT molecular complexity index is 966. The Balaban J connectivity index is 1.50. The van der Waals surface area contributed by atoms with Crippen molar-refractivity contribution in [1.82, 2.24) is 9.62 Å². The fraction of sp³-hybridized carbons (Fsp3) is 0.409. The number of sulfonamides is 1. The molecule has 1 aliphatic heterocycles. The third kappa shape index (κ3) is 5.38. The molecule has 1 heterocycles. The van der Waals surface area contributed by atoms with Gasteiger partial charge in [-0.05, 0) is 74.1 Å². The van der Waals surface area contributed by atoms with E-state index in [0.29, 0.717) is 42.4 Å². The summed E-state index contributed by atoms with van der Waals surface area (Å²) in [4.78, 5) is 12.8. The van der Waals surface area contributed by atoms with Gasteiger partial charge in [0.15, 0.2) is 0 Å². The molecule has 0 aliphatic carbocycles. The molecule has 2 aromatic rings. The summed E-state index contributed by atoms with van der Waals surface area (Å²) in [6.07, 6.45) is 1.82. The van der Waals surface area contributed by atoms with Crippen molar-refractivity contribution in [3.63, 3.8) is 0 Å². The van der Waals surface area contributed by atoms with Crippen molar-refractivity contribution in [3.8, 4) is 0 Å². The number of nitrogens with one attached hydrogen (secondary N) is 1. The average molecular weight is 435 g/mol. The molecular formula is C22H27ClN2O3S. The Morgan fingerprint density at radius 1 is 1.07 bits per heavy atom. The molecule has 156 valence electrons. The molecule has 3 rings (SSSR count). The van der Waals surface area contributed by atoms with E-state index in [-0.39, 0.29) is 11.8 Å². The van der Waals surface area contributed by atoms with Gasteiger partial charge in [0.1, 0.15) is 0 Å². The van der Waals surface area contributed by atoms with Crippen molar-refractivity contribution < 1.29 is 13.2 Å². The molecule has 0 bridgehead atoms. The van der Waals surface area contributed by atoms with Crippen LogP contribution in [0.15, 0.2) is 47.4 Å². The molecule has 1 aliphatic rings. The minimum absolute atomic E-state index is 0.00203. The van der Waals surface area contributed by atoms with E-state index in [9.17, 15) is 13.2 Å². The van der Waals surface area contributed by atoms with Gasteiger partial charge < -0.3 is 5.32 Å². The maximum Gasteiger partial charge on any atom is 0.243 e. The Kier molecular flexibility index (Phi) is 6.98. The van der Waals surface area contributed by atoms with E-state index < -0.39 is 10.0 Å². The second-order valence-corrected chi connectivity index (χ2v) is 9.97. The van der Waals surface area contributed by atoms with Crippen molar-refractivity contribution in [2.45, 2.75) is 38.0 Å². The van der Waals surface area contributed by atoms with Gasteiger partial charge in [-0.25, -0.2) is 8.42 Å². The number of hydrogen-bond acceptors (Lipinski definition) is 3. The average Bonchev–Trinajstić information content (AvgIpc) is 2.71. The molecular weight excluding hydrogens is 408 g/mol.